The molecule has 2 heterocycles. The molecule has 0 unspecified atom stereocenters. The Morgan fingerprint density at radius 1 is 1.09 bits per heavy atom. The summed E-state index contributed by atoms with van der Waals surface area (Å²) in [6, 6.07) is 12.7. The number of rotatable bonds is 4. The van der Waals surface area contributed by atoms with Crippen molar-refractivity contribution in [2.45, 2.75) is 43.0 Å². The molecular weight excluding hydrogens is 442 g/mol. The lowest BCUT2D eigenvalue weighted by Crippen LogP contribution is -2.44. The van der Waals surface area contributed by atoms with E-state index in [1.165, 1.54) is 27.6 Å². The molecular formula is C24H27N3O5S. The van der Waals surface area contributed by atoms with Crippen molar-refractivity contribution < 1.29 is 22.7 Å². The molecule has 1 fully saturated rings. The molecule has 0 aromatic heterocycles. The number of benzene rings is 2. The second kappa shape index (κ2) is 8.79. The first-order chi connectivity index (χ1) is 15.9. The van der Waals surface area contributed by atoms with Crippen molar-refractivity contribution in [3.05, 3.63) is 53.6 Å². The summed E-state index contributed by atoms with van der Waals surface area (Å²) in [6.45, 7) is 0.477. The van der Waals surface area contributed by atoms with Gasteiger partial charge in [0.25, 0.3) is 5.91 Å². The van der Waals surface area contributed by atoms with Crippen LogP contribution >= 0.6 is 0 Å². The number of fused-ring (bicyclic) bond motifs is 2. The van der Waals surface area contributed by atoms with Gasteiger partial charge in [0.1, 0.15) is 5.75 Å². The lowest BCUT2D eigenvalue weighted by Gasteiger charge is -2.33. The highest BCUT2D eigenvalue weighted by atomic mass is 32.2. The van der Waals surface area contributed by atoms with E-state index in [1.807, 2.05) is 12.1 Å². The van der Waals surface area contributed by atoms with Gasteiger partial charge in [0.15, 0.2) is 6.61 Å². The number of nitrogens with one attached hydrogen (secondary N) is 2. The summed E-state index contributed by atoms with van der Waals surface area (Å²) in [7, 11) is -3.73. The van der Waals surface area contributed by atoms with E-state index in [-0.39, 0.29) is 48.4 Å². The number of aryl methyl sites for hydroxylation is 1. The Bertz CT molecular complexity index is 1190. The zero-order chi connectivity index (χ0) is 23.0. The van der Waals surface area contributed by atoms with Gasteiger partial charge in [0.05, 0.1) is 16.6 Å². The number of hydrogen-bond donors (Lipinski definition) is 2. The normalized spacial score (nSPS) is 21.3. The first-order valence-corrected chi connectivity index (χ1v) is 12.8. The molecule has 2 amide bonds. The van der Waals surface area contributed by atoms with E-state index >= 15 is 0 Å². The predicted octanol–water partition coefficient (Wildman–Crippen LogP) is 2.61. The maximum Gasteiger partial charge on any atom is 0.262 e. The molecule has 3 aliphatic rings. The van der Waals surface area contributed by atoms with E-state index in [4.69, 9.17) is 4.74 Å². The Labute approximate surface area is 193 Å². The van der Waals surface area contributed by atoms with Gasteiger partial charge in [-0.2, -0.15) is 4.31 Å². The summed E-state index contributed by atoms with van der Waals surface area (Å²) in [5.74, 6) is -0.0677. The molecule has 0 saturated carbocycles. The molecule has 174 valence electrons. The first kappa shape index (κ1) is 21.9. The van der Waals surface area contributed by atoms with Crippen LogP contribution in [-0.4, -0.2) is 44.2 Å². The quantitative estimate of drug-likeness (QED) is 0.716. The lowest BCUT2D eigenvalue weighted by atomic mass is 9.87. The molecule has 0 bridgehead atoms. The number of ether oxygens (including phenoxy) is 1. The number of amides is 2. The SMILES string of the molecule is O=C1COc2ccc(S(=O)(=O)N3CCC(C(=O)N[C@H]4CCCc5ccccc54)CC3)cc2N1. The average Bonchev–Trinajstić information content (AvgIpc) is 2.84. The van der Waals surface area contributed by atoms with Crippen molar-refractivity contribution in [1.82, 2.24) is 9.62 Å². The van der Waals surface area contributed by atoms with Crippen LogP contribution in [0.1, 0.15) is 42.9 Å². The summed E-state index contributed by atoms with van der Waals surface area (Å²) in [5.41, 5.74) is 2.84. The molecule has 2 N–H and O–H groups in total. The highest BCUT2D eigenvalue weighted by Crippen LogP contribution is 2.33. The summed E-state index contributed by atoms with van der Waals surface area (Å²) in [4.78, 5) is 24.6. The van der Waals surface area contributed by atoms with E-state index in [2.05, 4.69) is 22.8 Å². The minimum absolute atomic E-state index is 0.00222. The number of carbonyl (C=O) groups excluding carboxylic acids is 2. The minimum atomic E-state index is -3.73. The molecule has 5 rings (SSSR count). The largest absolute Gasteiger partial charge is 0.482 e. The van der Waals surface area contributed by atoms with Crippen molar-refractivity contribution >= 4 is 27.5 Å². The number of hydrogen-bond acceptors (Lipinski definition) is 5. The van der Waals surface area contributed by atoms with E-state index in [0.717, 1.165) is 19.3 Å². The zero-order valence-electron chi connectivity index (χ0n) is 18.2. The van der Waals surface area contributed by atoms with Gasteiger partial charge < -0.3 is 15.4 Å². The molecule has 33 heavy (non-hydrogen) atoms. The number of anilines is 1. The summed E-state index contributed by atoms with van der Waals surface area (Å²) < 4.78 is 33.0. The van der Waals surface area contributed by atoms with Gasteiger partial charge in [-0.1, -0.05) is 24.3 Å². The molecule has 2 aliphatic heterocycles. The molecule has 2 aromatic rings. The number of nitrogens with zero attached hydrogens (tertiary/aromatic N) is 1. The first-order valence-electron chi connectivity index (χ1n) is 11.4. The molecule has 8 nitrogen and oxygen atoms in total. The van der Waals surface area contributed by atoms with Gasteiger partial charge >= 0.3 is 0 Å². The Kier molecular flexibility index (Phi) is 5.84. The molecule has 1 aliphatic carbocycles. The third-order valence-corrected chi connectivity index (χ3v) is 8.63. The third-order valence-electron chi connectivity index (χ3n) is 6.73. The molecule has 0 spiro atoms. The van der Waals surface area contributed by atoms with E-state index in [1.54, 1.807) is 6.07 Å². The monoisotopic (exact) mass is 469 g/mol. The van der Waals surface area contributed by atoms with Crippen molar-refractivity contribution in [2.75, 3.05) is 25.0 Å². The minimum Gasteiger partial charge on any atom is -0.482 e. The van der Waals surface area contributed by atoms with Gasteiger partial charge in [-0.3, -0.25) is 9.59 Å². The Balaban J connectivity index is 1.22. The second-order valence-electron chi connectivity index (χ2n) is 8.83. The summed E-state index contributed by atoms with van der Waals surface area (Å²) in [5, 5.41) is 5.85. The van der Waals surface area contributed by atoms with Crippen molar-refractivity contribution in [2.24, 2.45) is 5.92 Å². The highest BCUT2D eigenvalue weighted by Gasteiger charge is 2.34. The van der Waals surface area contributed by atoms with Gasteiger partial charge in [-0.05, 0) is 61.4 Å². The fourth-order valence-corrected chi connectivity index (χ4v) is 6.42. The third kappa shape index (κ3) is 4.35. The summed E-state index contributed by atoms with van der Waals surface area (Å²) in [6.07, 6.45) is 3.96. The van der Waals surface area contributed by atoms with Crippen LogP contribution in [0.25, 0.3) is 0 Å². The van der Waals surface area contributed by atoms with E-state index in [0.29, 0.717) is 24.3 Å². The Morgan fingerprint density at radius 3 is 2.70 bits per heavy atom. The van der Waals surface area contributed by atoms with Crippen LogP contribution < -0.4 is 15.4 Å². The summed E-state index contributed by atoms with van der Waals surface area (Å²) >= 11 is 0. The predicted molar refractivity (Wildman–Crippen MR) is 122 cm³/mol. The van der Waals surface area contributed by atoms with Crippen LogP contribution in [0.15, 0.2) is 47.4 Å². The highest BCUT2D eigenvalue weighted by molar-refractivity contribution is 7.89. The van der Waals surface area contributed by atoms with Crippen LogP contribution in [-0.2, 0) is 26.0 Å². The van der Waals surface area contributed by atoms with Crippen LogP contribution in [0.5, 0.6) is 5.75 Å². The van der Waals surface area contributed by atoms with E-state index < -0.39 is 10.0 Å². The van der Waals surface area contributed by atoms with Crippen LogP contribution in [0.4, 0.5) is 5.69 Å². The van der Waals surface area contributed by atoms with Crippen LogP contribution in [0, 0.1) is 5.92 Å². The molecule has 0 radical (unpaired) electrons. The smallest absolute Gasteiger partial charge is 0.262 e. The fraction of sp³-hybridized carbons (Fsp3) is 0.417. The zero-order valence-corrected chi connectivity index (χ0v) is 19.1. The average molecular weight is 470 g/mol. The van der Waals surface area contributed by atoms with E-state index in [9.17, 15) is 18.0 Å². The van der Waals surface area contributed by atoms with Crippen molar-refractivity contribution in [3.8, 4) is 5.75 Å². The molecule has 2 aromatic carbocycles. The van der Waals surface area contributed by atoms with Gasteiger partial charge in [0, 0.05) is 19.0 Å². The maximum atomic E-state index is 13.2. The lowest BCUT2D eigenvalue weighted by molar-refractivity contribution is -0.127. The van der Waals surface area contributed by atoms with Crippen molar-refractivity contribution in [1.29, 1.82) is 0 Å². The van der Waals surface area contributed by atoms with Gasteiger partial charge in [-0.15, -0.1) is 0 Å². The Hall–Kier alpha value is -2.91. The standard InChI is InChI=1S/C24H27N3O5S/c28-23-15-32-22-9-8-18(14-21(22)25-23)33(30,31)27-12-10-17(11-13-27)24(29)26-20-7-3-5-16-4-1-2-6-19(16)20/h1-2,4,6,8-9,14,17,20H,3,5,7,10-13,15H2,(H,25,28)(H,26,29)/t20-/m0/s1. The van der Waals surface area contributed by atoms with Crippen LogP contribution in [0.3, 0.4) is 0 Å². The second-order valence-corrected chi connectivity index (χ2v) is 10.8. The van der Waals surface area contributed by atoms with Gasteiger partial charge in [0.2, 0.25) is 15.9 Å². The molecule has 1 saturated heterocycles. The fourth-order valence-electron chi connectivity index (χ4n) is 4.92. The van der Waals surface area contributed by atoms with Crippen LogP contribution in [0.2, 0.25) is 0 Å². The topological polar surface area (TPSA) is 105 Å². The van der Waals surface area contributed by atoms with Crippen molar-refractivity contribution in [3.63, 3.8) is 0 Å². The maximum absolute atomic E-state index is 13.2. The van der Waals surface area contributed by atoms with Gasteiger partial charge in [-0.25, -0.2) is 8.42 Å². The molecule has 1 atom stereocenters. The Morgan fingerprint density at radius 2 is 1.88 bits per heavy atom. The number of carbonyl (C=O) groups is 2. The number of piperidine rings is 1. The molecule has 9 heteroatoms. The number of sulfonamides is 1.